The Kier molecular flexibility index (Phi) is 7.88. The van der Waals surface area contributed by atoms with E-state index in [1.807, 2.05) is 0 Å². The van der Waals surface area contributed by atoms with Crippen molar-refractivity contribution in [3.8, 4) is 0 Å². The number of rotatable bonds is 8. The van der Waals surface area contributed by atoms with E-state index in [0.29, 0.717) is 0 Å². The lowest BCUT2D eigenvalue weighted by Crippen LogP contribution is -2.57. The van der Waals surface area contributed by atoms with E-state index in [2.05, 4.69) is 14.1 Å². The van der Waals surface area contributed by atoms with E-state index in [0.717, 1.165) is 0 Å². The second-order valence-corrected chi connectivity index (χ2v) is 7.48. The number of hydrogen-bond acceptors (Lipinski definition) is 12. The first-order valence-electron chi connectivity index (χ1n) is 8.11. The van der Waals surface area contributed by atoms with Gasteiger partial charge < -0.3 is 29.5 Å². The van der Waals surface area contributed by atoms with Gasteiger partial charge in [-0.3, -0.25) is 4.55 Å². The maximum atomic E-state index is 10.8. The van der Waals surface area contributed by atoms with Crippen molar-refractivity contribution in [2.24, 2.45) is 5.92 Å². The summed E-state index contributed by atoms with van der Waals surface area (Å²) in [7, 11) is -4.78. The van der Waals surface area contributed by atoms with Gasteiger partial charge >= 0.3 is 10.4 Å². The van der Waals surface area contributed by atoms with Gasteiger partial charge in [0.1, 0.15) is 24.4 Å². The maximum Gasteiger partial charge on any atom is 0.397 e. The van der Waals surface area contributed by atoms with Gasteiger partial charge in [-0.05, 0) is 6.92 Å². The number of aliphatic hydroxyl groups is 3. The van der Waals surface area contributed by atoms with Gasteiger partial charge in [0.25, 0.3) is 0 Å². The molecule has 0 amide bonds. The smallest absolute Gasteiger partial charge is 0.394 e. The molecule has 13 nitrogen and oxygen atoms in total. The van der Waals surface area contributed by atoms with Gasteiger partial charge in [0, 0.05) is 5.92 Å². The van der Waals surface area contributed by atoms with Crippen molar-refractivity contribution in [1.82, 2.24) is 0 Å². The lowest BCUT2D eigenvalue weighted by atomic mass is 9.91. The molecule has 9 atom stereocenters. The summed E-state index contributed by atoms with van der Waals surface area (Å²) in [5.74, 6) is -0.418. The highest BCUT2D eigenvalue weighted by Gasteiger charge is 2.50. The van der Waals surface area contributed by atoms with Gasteiger partial charge in [0.2, 0.25) is 0 Å². The molecular formula is C13H24O13S. The van der Waals surface area contributed by atoms with Crippen LogP contribution in [0.3, 0.4) is 0 Å². The van der Waals surface area contributed by atoms with Crippen molar-refractivity contribution < 1.29 is 61.9 Å². The van der Waals surface area contributed by atoms with Gasteiger partial charge in [-0.15, -0.1) is 0 Å². The summed E-state index contributed by atoms with van der Waals surface area (Å²) < 4.78 is 51.0. The summed E-state index contributed by atoms with van der Waals surface area (Å²) in [4.78, 5) is 4.59. The van der Waals surface area contributed by atoms with Gasteiger partial charge in [0.15, 0.2) is 12.4 Å². The molecule has 0 spiro atoms. The molecule has 4 unspecified atom stereocenters. The number of hydrogen-bond donors (Lipinski definition) is 5. The van der Waals surface area contributed by atoms with E-state index in [-0.39, 0.29) is 0 Å². The Hall–Kier alpha value is -0.490. The maximum absolute atomic E-state index is 10.8. The van der Waals surface area contributed by atoms with E-state index in [9.17, 15) is 23.7 Å². The second-order valence-electron chi connectivity index (χ2n) is 6.39. The van der Waals surface area contributed by atoms with Crippen LogP contribution < -0.4 is 0 Å². The van der Waals surface area contributed by atoms with E-state index in [1.54, 1.807) is 13.8 Å². The molecule has 5 N–H and O–H groups in total. The van der Waals surface area contributed by atoms with Gasteiger partial charge in [-0.2, -0.15) is 13.3 Å². The largest absolute Gasteiger partial charge is 0.397 e. The molecule has 0 saturated carbocycles. The minimum absolute atomic E-state index is 0.418. The predicted octanol–water partition coefficient (Wildman–Crippen LogP) is -2.16. The van der Waals surface area contributed by atoms with Crippen LogP contribution in [0.1, 0.15) is 13.8 Å². The van der Waals surface area contributed by atoms with Crippen LogP contribution in [0.2, 0.25) is 0 Å². The Labute approximate surface area is 155 Å². The summed E-state index contributed by atoms with van der Waals surface area (Å²) >= 11 is 0. The van der Waals surface area contributed by atoms with Crippen molar-refractivity contribution in [2.45, 2.75) is 62.9 Å². The minimum atomic E-state index is -4.78. The van der Waals surface area contributed by atoms with Crippen LogP contribution in [-0.2, 0) is 38.7 Å². The first-order chi connectivity index (χ1) is 12.6. The number of aliphatic hydroxyl groups excluding tert-OH is 3. The Morgan fingerprint density at radius 1 is 1.04 bits per heavy atom. The van der Waals surface area contributed by atoms with E-state index >= 15 is 0 Å². The first kappa shape index (κ1) is 22.8. The average molecular weight is 420 g/mol. The van der Waals surface area contributed by atoms with Gasteiger partial charge in [0.05, 0.1) is 25.4 Å². The first-order valence-corrected chi connectivity index (χ1v) is 9.47. The molecule has 0 aromatic rings. The molecule has 2 fully saturated rings. The molecular weight excluding hydrogens is 396 g/mol. The Morgan fingerprint density at radius 2 is 1.70 bits per heavy atom. The molecule has 2 saturated heterocycles. The molecule has 2 aliphatic heterocycles. The molecule has 2 heterocycles. The molecule has 0 aromatic heterocycles. The quantitative estimate of drug-likeness (QED) is 0.162. The van der Waals surface area contributed by atoms with Crippen LogP contribution in [-0.4, -0.2) is 95.8 Å². The highest BCUT2D eigenvalue weighted by atomic mass is 32.3. The summed E-state index contributed by atoms with van der Waals surface area (Å²) in [6, 6.07) is 0. The molecule has 27 heavy (non-hydrogen) atoms. The summed E-state index contributed by atoms with van der Waals surface area (Å²) in [6.07, 6.45) is -9.40. The Bertz CT molecular complexity index is 571. The van der Waals surface area contributed by atoms with Crippen LogP contribution in [0.5, 0.6) is 0 Å². The molecule has 0 bridgehead atoms. The monoisotopic (exact) mass is 420 g/mol. The van der Waals surface area contributed by atoms with Gasteiger partial charge in [-0.1, -0.05) is 12.0 Å². The van der Waals surface area contributed by atoms with Crippen molar-refractivity contribution in [2.75, 3.05) is 13.2 Å². The molecule has 14 heteroatoms. The minimum Gasteiger partial charge on any atom is -0.394 e. The number of ether oxygens (including phenoxy) is 3. The van der Waals surface area contributed by atoms with Crippen LogP contribution in [0.4, 0.5) is 0 Å². The Balaban J connectivity index is 2.16. The Morgan fingerprint density at radius 3 is 2.26 bits per heavy atom. The summed E-state index contributed by atoms with van der Waals surface area (Å²) in [6.45, 7) is 1.99. The fraction of sp³-hybridized carbons (Fsp3) is 1.00. The third-order valence-corrected chi connectivity index (χ3v) is 5.11. The summed E-state index contributed by atoms with van der Waals surface area (Å²) in [5.41, 5.74) is 0. The topological polar surface area (TPSA) is 191 Å². The average Bonchev–Trinajstić information content (AvgIpc) is 2.89. The SMILES string of the molecule is CC1O[C@@H](O[C@H]2C(COS(=O)(=O)O)OC(CO)[C@H]2O)C(OOO)[C@H](O)[C@H]1C. The third-order valence-electron chi connectivity index (χ3n) is 4.67. The normalized spacial score (nSPS) is 43.1. The van der Waals surface area contributed by atoms with Crippen LogP contribution in [0.25, 0.3) is 0 Å². The van der Waals surface area contributed by atoms with Crippen molar-refractivity contribution in [3.63, 3.8) is 0 Å². The second kappa shape index (κ2) is 9.34. The molecule has 0 aromatic carbocycles. The highest BCUT2D eigenvalue weighted by Crippen LogP contribution is 2.32. The van der Waals surface area contributed by atoms with Gasteiger partial charge in [-0.25, -0.2) is 9.44 Å². The fourth-order valence-corrected chi connectivity index (χ4v) is 3.29. The predicted molar refractivity (Wildman–Crippen MR) is 82.2 cm³/mol. The standard InChI is InChI=1S/C13H24O13S/c1-5-6(2)22-13(12(9(5)15)25-26-17)24-11-8(4-21-27(18,19)20)23-7(3-14)10(11)16/h5-17H,3-4H2,1-2H3,(H,18,19,20)/t5-,6?,7?,8?,9+,10+,11-,12?,13-/m0/s1. The zero-order valence-corrected chi connectivity index (χ0v) is 15.3. The highest BCUT2D eigenvalue weighted by molar-refractivity contribution is 7.80. The van der Waals surface area contributed by atoms with Crippen LogP contribution in [0, 0.1) is 5.92 Å². The van der Waals surface area contributed by atoms with E-state index in [4.69, 9.17) is 24.0 Å². The van der Waals surface area contributed by atoms with Crippen molar-refractivity contribution in [1.29, 1.82) is 0 Å². The molecule has 160 valence electrons. The van der Waals surface area contributed by atoms with Crippen molar-refractivity contribution >= 4 is 10.4 Å². The lowest BCUT2D eigenvalue weighted by molar-refractivity contribution is -0.531. The molecule has 2 rings (SSSR count). The molecule has 2 aliphatic rings. The zero-order chi connectivity index (χ0) is 20.4. The summed E-state index contributed by atoms with van der Waals surface area (Å²) in [5, 5.41) is 42.0. The van der Waals surface area contributed by atoms with E-state index < -0.39 is 78.5 Å². The van der Waals surface area contributed by atoms with Crippen molar-refractivity contribution in [3.05, 3.63) is 0 Å². The fourth-order valence-electron chi connectivity index (χ4n) is 2.99. The van der Waals surface area contributed by atoms with Crippen LogP contribution in [0.15, 0.2) is 0 Å². The molecule has 0 radical (unpaired) electrons. The third kappa shape index (κ3) is 5.53. The lowest BCUT2D eigenvalue weighted by Gasteiger charge is -2.42. The van der Waals surface area contributed by atoms with E-state index in [1.165, 1.54) is 0 Å². The zero-order valence-electron chi connectivity index (χ0n) is 14.5. The van der Waals surface area contributed by atoms with Crippen LogP contribution >= 0.6 is 0 Å². The molecule has 0 aliphatic carbocycles.